The van der Waals surface area contributed by atoms with Crippen LogP contribution in [0.15, 0.2) is 54.7 Å². The molecule has 0 fully saturated rings. The van der Waals surface area contributed by atoms with Crippen molar-refractivity contribution in [3.05, 3.63) is 65.9 Å². The fraction of sp³-hybridized carbons (Fsp3) is 0.105. The van der Waals surface area contributed by atoms with E-state index in [9.17, 15) is 10.1 Å². The van der Waals surface area contributed by atoms with Crippen molar-refractivity contribution in [1.82, 2.24) is 4.98 Å². The van der Waals surface area contributed by atoms with Crippen LogP contribution in [0, 0.1) is 11.3 Å². The molecule has 0 saturated heterocycles. The number of carbonyl (C=O) groups excluding carboxylic acids is 1. The molecule has 6 nitrogen and oxygen atoms in total. The Morgan fingerprint density at radius 1 is 1.20 bits per heavy atom. The quantitative estimate of drug-likeness (QED) is 0.756. The summed E-state index contributed by atoms with van der Waals surface area (Å²) in [5, 5.41) is 16.2. The molecule has 3 rings (SSSR count). The number of carbonyl (C=O) groups is 1. The number of nitrogens with zero attached hydrogens (tertiary/aromatic N) is 2. The molecular formula is C19H16N4O2. The summed E-state index contributed by atoms with van der Waals surface area (Å²) in [7, 11) is 1.32. The number of hydrogen-bond donors (Lipinski definition) is 2. The molecule has 2 N–H and O–H groups in total. The molecule has 25 heavy (non-hydrogen) atoms. The number of para-hydroxylation sites is 1. The van der Waals surface area contributed by atoms with E-state index in [4.69, 9.17) is 0 Å². The van der Waals surface area contributed by atoms with Gasteiger partial charge in [0.05, 0.1) is 23.9 Å². The Hall–Kier alpha value is -3.59. The third kappa shape index (κ3) is 3.67. The number of rotatable bonds is 4. The van der Waals surface area contributed by atoms with E-state index in [1.54, 1.807) is 18.3 Å². The van der Waals surface area contributed by atoms with Crippen LogP contribution in [0.3, 0.4) is 0 Å². The second kappa shape index (κ2) is 7.32. The number of anilines is 2. The largest absolute Gasteiger partial charge is 0.453 e. The van der Waals surface area contributed by atoms with E-state index >= 15 is 0 Å². The smallest absolute Gasteiger partial charge is 0.411 e. The number of nitriles is 1. The number of ether oxygens (including phenoxy) is 1. The Morgan fingerprint density at radius 2 is 1.96 bits per heavy atom. The topological polar surface area (TPSA) is 87.0 Å². The van der Waals surface area contributed by atoms with Gasteiger partial charge in [-0.3, -0.25) is 10.3 Å². The minimum absolute atomic E-state index is 0.502. The minimum atomic E-state index is -0.507. The maximum Gasteiger partial charge on any atom is 0.411 e. The molecule has 0 aliphatic heterocycles. The molecule has 1 heterocycles. The van der Waals surface area contributed by atoms with Crippen molar-refractivity contribution in [2.75, 3.05) is 17.7 Å². The monoisotopic (exact) mass is 332 g/mol. The lowest BCUT2D eigenvalue weighted by Gasteiger charge is -2.12. The number of pyridine rings is 1. The van der Waals surface area contributed by atoms with Crippen molar-refractivity contribution in [2.24, 2.45) is 0 Å². The Balaban J connectivity index is 1.79. The zero-order valence-electron chi connectivity index (χ0n) is 13.6. The summed E-state index contributed by atoms with van der Waals surface area (Å²) in [4.78, 5) is 15.5. The lowest BCUT2D eigenvalue weighted by Crippen LogP contribution is -2.10. The minimum Gasteiger partial charge on any atom is -0.453 e. The molecule has 6 heteroatoms. The average molecular weight is 332 g/mol. The van der Waals surface area contributed by atoms with E-state index in [1.165, 1.54) is 7.11 Å². The fourth-order valence-corrected chi connectivity index (χ4v) is 2.48. The first-order chi connectivity index (χ1) is 12.2. The number of aromatic nitrogens is 1. The number of methoxy groups -OCH3 is 1. The van der Waals surface area contributed by atoms with Gasteiger partial charge in [-0.15, -0.1) is 0 Å². The van der Waals surface area contributed by atoms with Gasteiger partial charge in [0.1, 0.15) is 6.07 Å². The van der Waals surface area contributed by atoms with Crippen molar-refractivity contribution < 1.29 is 9.53 Å². The molecule has 1 aromatic heterocycles. The van der Waals surface area contributed by atoms with E-state index in [-0.39, 0.29) is 0 Å². The summed E-state index contributed by atoms with van der Waals surface area (Å²) in [5.74, 6) is 0. The molecule has 0 radical (unpaired) electrons. The average Bonchev–Trinajstić information content (AvgIpc) is 2.67. The third-order valence-electron chi connectivity index (χ3n) is 3.75. The Morgan fingerprint density at radius 3 is 2.68 bits per heavy atom. The Labute approximate surface area is 145 Å². The van der Waals surface area contributed by atoms with Crippen LogP contribution < -0.4 is 10.6 Å². The highest BCUT2D eigenvalue weighted by Crippen LogP contribution is 2.26. The first-order valence-corrected chi connectivity index (χ1v) is 7.67. The van der Waals surface area contributed by atoms with Gasteiger partial charge in [0.2, 0.25) is 0 Å². The first-order valence-electron chi connectivity index (χ1n) is 7.67. The molecule has 0 aliphatic carbocycles. The van der Waals surface area contributed by atoms with Crippen molar-refractivity contribution in [1.29, 1.82) is 5.26 Å². The van der Waals surface area contributed by atoms with Crippen molar-refractivity contribution in [3.63, 3.8) is 0 Å². The summed E-state index contributed by atoms with van der Waals surface area (Å²) in [6.07, 6.45) is 1.07. The molecule has 0 aliphatic rings. The van der Waals surface area contributed by atoms with Gasteiger partial charge in [-0.1, -0.05) is 30.3 Å². The van der Waals surface area contributed by atoms with E-state index < -0.39 is 6.09 Å². The molecule has 3 aromatic rings. The molecule has 1 amide bonds. The number of fused-ring (bicyclic) bond motifs is 1. The molecule has 124 valence electrons. The van der Waals surface area contributed by atoms with Gasteiger partial charge in [0.15, 0.2) is 0 Å². The molecule has 0 bridgehead atoms. The maximum absolute atomic E-state index is 11.2. The fourth-order valence-electron chi connectivity index (χ4n) is 2.48. The molecular weight excluding hydrogens is 316 g/mol. The second-order valence-corrected chi connectivity index (χ2v) is 5.34. The third-order valence-corrected chi connectivity index (χ3v) is 3.75. The molecule has 0 spiro atoms. The Bertz CT molecular complexity index is 946. The predicted molar refractivity (Wildman–Crippen MR) is 96.3 cm³/mol. The molecule has 0 atom stereocenters. The van der Waals surface area contributed by atoms with Gasteiger partial charge >= 0.3 is 6.09 Å². The molecule has 0 saturated carbocycles. The van der Waals surface area contributed by atoms with Gasteiger partial charge in [0, 0.05) is 23.8 Å². The van der Waals surface area contributed by atoms with Gasteiger partial charge < -0.3 is 10.1 Å². The molecule has 0 unspecified atom stereocenters. The van der Waals surface area contributed by atoms with E-state index in [0.717, 1.165) is 22.2 Å². The number of amides is 1. The van der Waals surface area contributed by atoms with Crippen LogP contribution in [0.2, 0.25) is 0 Å². The second-order valence-electron chi connectivity index (χ2n) is 5.34. The summed E-state index contributed by atoms with van der Waals surface area (Å²) in [5.41, 5.74) is 3.78. The number of nitrogens with one attached hydrogen (secondary N) is 2. The highest BCUT2D eigenvalue weighted by molar-refractivity contribution is 5.93. The van der Waals surface area contributed by atoms with Gasteiger partial charge in [-0.2, -0.15) is 5.26 Å². The van der Waals surface area contributed by atoms with E-state index in [2.05, 4.69) is 26.4 Å². The van der Waals surface area contributed by atoms with E-state index in [1.807, 2.05) is 36.4 Å². The standard InChI is InChI=1S/C19H16N4O2/c1-25-19(24)23-15-8-6-13(7-9-15)11-22-18-14(10-20)12-21-17-5-3-2-4-16(17)18/h2-9,12H,11H2,1H3,(H,21,22)(H,23,24). The zero-order valence-corrected chi connectivity index (χ0v) is 13.6. The number of hydrogen-bond acceptors (Lipinski definition) is 5. The predicted octanol–water partition coefficient (Wildman–Crippen LogP) is 3.90. The SMILES string of the molecule is COC(=O)Nc1ccc(CNc2c(C#N)cnc3ccccc23)cc1. The normalized spacial score (nSPS) is 10.1. The molecule has 2 aromatic carbocycles. The lowest BCUT2D eigenvalue weighted by atomic mass is 10.1. The first kappa shape index (κ1) is 16.3. The maximum atomic E-state index is 11.2. The van der Waals surface area contributed by atoms with Crippen LogP contribution in [-0.4, -0.2) is 18.2 Å². The van der Waals surface area contributed by atoms with Gasteiger partial charge in [-0.25, -0.2) is 4.79 Å². The summed E-state index contributed by atoms with van der Waals surface area (Å²) in [6.45, 7) is 0.543. The van der Waals surface area contributed by atoms with Crippen molar-refractivity contribution in [2.45, 2.75) is 6.54 Å². The van der Waals surface area contributed by atoms with Crippen LogP contribution >= 0.6 is 0 Å². The summed E-state index contributed by atoms with van der Waals surface area (Å²) < 4.78 is 4.56. The van der Waals surface area contributed by atoms with Crippen molar-refractivity contribution in [3.8, 4) is 6.07 Å². The highest BCUT2D eigenvalue weighted by Gasteiger charge is 2.08. The number of benzene rings is 2. The van der Waals surface area contributed by atoms with Gasteiger partial charge in [0.25, 0.3) is 0 Å². The zero-order chi connectivity index (χ0) is 17.6. The van der Waals surface area contributed by atoms with Crippen LogP contribution in [0.4, 0.5) is 16.2 Å². The lowest BCUT2D eigenvalue weighted by molar-refractivity contribution is 0.187. The highest BCUT2D eigenvalue weighted by atomic mass is 16.5. The van der Waals surface area contributed by atoms with Crippen LogP contribution in [0.25, 0.3) is 10.9 Å². The van der Waals surface area contributed by atoms with Crippen LogP contribution in [0.5, 0.6) is 0 Å². The van der Waals surface area contributed by atoms with E-state index in [0.29, 0.717) is 17.8 Å². The van der Waals surface area contributed by atoms with Crippen LogP contribution in [0.1, 0.15) is 11.1 Å². The summed E-state index contributed by atoms with van der Waals surface area (Å²) in [6, 6.07) is 17.2. The van der Waals surface area contributed by atoms with Crippen LogP contribution in [-0.2, 0) is 11.3 Å². The summed E-state index contributed by atoms with van der Waals surface area (Å²) >= 11 is 0. The van der Waals surface area contributed by atoms with Gasteiger partial charge in [-0.05, 0) is 23.8 Å². The Kier molecular flexibility index (Phi) is 4.77. The van der Waals surface area contributed by atoms with Crippen molar-refractivity contribution >= 4 is 28.4 Å².